The van der Waals surface area contributed by atoms with E-state index in [1.165, 1.54) is 11.1 Å². The third-order valence-corrected chi connectivity index (χ3v) is 6.32. The SMILES string of the molecule is C=CC1=NC(C=C)C(C2C(C)=C(C(=C)OC(C)NC)c3cccc[n+]32)c2ccccc21. The summed E-state index contributed by atoms with van der Waals surface area (Å²) in [5.74, 6) is 0.784. The molecule has 2 aromatic rings. The number of benzene rings is 1. The van der Waals surface area contributed by atoms with Crippen LogP contribution in [0.1, 0.15) is 42.6 Å². The van der Waals surface area contributed by atoms with Crippen LogP contribution in [0.15, 0.2) is 96.9 Å². The van der Waals surface area contributed by atoms with Crippen LogP contribution in [-0.2, 0) is 4.74 Å². The molecule has 1 aromatic heterocycles. The van der Waals surface area contributed by atoms with Gasteiger partial charge in [0.2, 0.25) is 5.69 Å². The van der Waals surface area contributed by atoms with Gasteiger partial charge >= 0.3 is 0 Å². The van der Waals surface area contributed by atoms with Crippen molar-refractivity contribution in [3.8, 4) is 0 Å². The fourth-order valence-corrected chi connectivity index (χ4v) is 4.84. The van der Waals surface area contributed by atoms with E-state index in [1.54, 1.807) is 0 Å². The van der Waals surface area contributed by atoms with Crippen LogP contribution in [-0.4, -0.2) is 25.0 Å². The Morgan fingerprint density at radius 1 is 1.19 bits per heavy atom. The van der Waals surface area contributed by atoms with Gasteiger partial charge in [0.05, 0.1) is 23.2 Å². The number of aliphatic imine (C=N–C) groups is 1. The van der Waals surface area contributed by atoms with Gasteiger partial charge in [-0.3, -0.25) is 10.3 Å². The van der Waals surface area contributed by atoms with Crippen LogP contribution in [0.25, 0.3) is 5.57 Å². The maximum atomic E-state index is 6.07. The van der Waals surface area contributed by atoms with Crippen molar-refractivity contribution in [2.24, 2.45) is 4.99 Å². The second-order valence-corrected chi connectivity index (χ2v) is 8.03. The second-order valence-electron chi connectivity index (χ2n) is 8.03. The zero-order valence-electron chi connectivity index (χ0n) is 18.5. The first-order valence-electron chi connectivity index (χ1n) is 10.7. The highest BCUT2D eigenvalue weighted by Gasteiger charge is 2.47. The molecule has 4 nitrogen and oxygen atoms in total. The van der Waals surface area contributed by atoms with Crippen molar-refractivity contribution in [3.05, 3.63) is 109 Å². The molecule has 0 amide bonds. The van der Waals surface area contributed by atoms with Crippen LogP contribution in [0.4, 0.5) is 0 Å². The predicted octanol–water partition coefficient (Wildman–Crippen LogP) is 4.73. The van der Waals surface area contributed by atoms with Crippen molar-refractivity contribution in [3.63, 3.8) is 0 Å². The van der Waals surface area contributed by atoms with E-state index in [0.29, 0.717) is 5.76 Å². The zero-order valence-corrected chi connectivity index (χ0v) is 18.5. The normalized spacial score (nSPS) is 22.8. The molecule has 1 N–H and O–H groups in total. The highest BCUT2D eigenvalue weighted by molar-refractivity contribution is 6.10. The molecule has 4 rings (SSSR count). The molecule has 31 heavy (non-hydrogen) atoms. The van der Waals surface area contributed by atoms with Crippen molar-refractivity contribution in [1.29, 1.82) is 0 Å². The van der Waals surface area contributed by atoms with Gasteiger partial charge in [-0.15, -0.1) is 6.58 Å². The molecule has 0 spiro atoms. The summed E-state index contributed by atoms with van der Waals surface area (Å²) < 4.78 is 8.39. The summed E-state index contributed by atoms with van der Waals surface area (Å²) in [6, 6.07) is 14.8. The van der Waals surface area contributed by atoms with E-state index in [1.807, 2.05) is 26.1 Å². The largest absolute Gasteiger partial charge is 0.475 e. The van der Waals surface area contributed by atoms with Crippen molar-refractivity contribution >= 4 is 11.3 Å². The van der Waals surface area contributed by atoms with Gasteiger partial charge in [0.15, 0.2) is 12.2 Å². The molecule has 2 aliphatic rings. The van der Waals surface area contributed by atoms with Gasteiger partial charge in [0.1, 0.15) is 12.0 Å². The van der Waals surface area contributed by atoms with E-state index < -0.39 is 0 Å². The van der Waals surface area contributed by atoms with E-state index >= 15 is 0 Å². The maximum absolute atomic E-state index is 6.07. The molecule has 0 radical (unpaired) electrons. The van der Waals surface area contributed by atoms with Gasteiger partial charge in [0, 0.05) is 23.3 Å². The molecular formula is C27H30N3O+. The number of nitrogens with zero attached hydrogens (tertiary/aromatic N) is 2. The fraction of sp³-hybridized carbons (Fsp3) is 0.259. The van der Waals surface area contributed by atoms with Crippen LogP contribution in [0.2, 0.25) is 0 Å². The van der Waals surface area contributed by atoms with Gasteiger partial charge in [-0.1, -0.05) is 43.5 Å². The molecule has 0 saturated carbocycles. The average molecular weight is 413 g/mol. The van der Waals surface area contributed by atoms with Crippen molar-refractivity contribution in [1.82, 2.24) is 5.32 Å². The molecule has 158 valence electrons. The Kier molecular flexibility index (Phi) is 5.75. The number of nitrogens with one attached hydrogen (secondary N) is 1. The van der Waals surface area contributed by atoms with Crippen molar-refractivity contribution in [2.75, 3.05) is 7.05 Å². The Bertz CT molecular complexity index is 1110. The van der Waals surface area contributed by atoms with Crippen LogP contribution < -0.4 is 9.88 Å². The van der Waals surface area contributed by atoms with Gasteiger partial charge in [-0.2, -0.15) is 4.57 Å². The summed E-state index contributed by atoms with van der Waals surface area (Å²) in [5, 5.41) is 3.12. The van der Waals surface area contributed by atoms with Crippen LogP contribution in [0.3, 0.4) is 0 Å². The van der Waals surface area contributed by atoms with Crippen LogP contribution in [0.5, 0.6) is 0 Å². The van der Waals surface area contributed by atoms with E-state index in [0.717, 1.165) is 22.5 Å². The van der Waals surface area contributed by atoms with E-state index in [2.05, 4.69) is 85.2 Å². The minimum absolute atomic E-state index is 0.0619. The Morgan fingerprint density at radius 2 is 1.94 bits per heavy atom. The van der Waals surface area contributed by atoms with Gasteiger partial charge < -0.3 is 4.74 Å². The average Bonchev–Trinajstić information content (AvgIpc) is 3.09. The number of hydrogen-bond donors (Lipinski definition) is 1. The third kappa shape index (κ3) is 3.47. The maximum Gasteiger partial charge on any atom is 0.216 e. The van der Waals surface area contributed by atoms with Gasteiger partial charge in [-0.05, 0) is 38.6 Å². The van der Waals surface area contributed by atoms with E-state index in [9.17, 15) is 0 Å². The number of ether oxygens (including phenoxy) is 1. The predicted molar refractivity (Wildman–Crippen MR) is 127 cm³/mol. The molecule has 3 heterocycles. The Labute approximate surface area is 185 Å². The van der Waals surface area contributed by atoms with Crippen LogP contribution in [0, 0.1) is 0 Å². The highest BCUT2D eigenvalue weighted by atomic mass is 16.5. The first-order valence-corrected chi connectivity index (χ1v) is 10.7. The Morgan fingerprint density at radius 3 is 2.65 bits per heavy atom. The number of fused-ring (bicyclic) bond motifs is 2. The smallest absolute Gasteiger partial charge is 0.216 e. The molecule has 0 aliphatic carbocycles. The summed E-state index contributed by atoms with van der Waals surface area (Å²) in [6.45, 7) is 16.5. The van der Waals surface area contributed by atoms with Crippen molar-refractivity contribution < 1.29 is 9.30 Å². The highest BCUT2D eigenvalue weighted by Crippen LogP contribution is 2.46. The third-order valence-electron chi connectivity index (χ3n) is 6.32. The molecule has 0 fully saturated rings. The molecule has 0 bridgehead atoms. The number of hydrogen-bond acceptors (Lipinski definition) is 3. The first-order chi connectivity index (χ1) is 15.0. The summed E-state index contributed by atoms with van der Waals surface area (Å²) in [5.41, 5.74) is 6.72. The monoisotopic (exact) mass is 412 g/mol. The molecule has 0 saturated heterocycles. The zero-order chi connectivity index (χ0) is 22.1. The fourth-order valence-electron chi connectivity index (χ4n) is 4.84. The lowest BCUT2D eigenvalue weighted by Crippen LogP contribution is -2.46. The second kappa shape index (κ2) is 8.48. The Balaban J connectivity index is 1.89. The number of aromatic nitrogens is 1. The Hall–Kier alpha value is -3.24. The number of rotatable bonds is 7. The summed E-state index contributed by atoms with van der Waals surface area (Å²) >= 11 is 0. The lowest BCUT2D eigenvalue weighted by Gasteiger charge is -2.31. The molecule has 2 aliphatic heterocycles. The molecule has 4 unspecified atom stereocenters. The summed E-state index contributed by atoms with van der Waals surface area (Å²) in [4.78, 5) is 5.01. The topological polar surface area (TPSA) is 37.5 Å². The first kappa shape index (κ1) is 21.0. The standard InChI is InChI=1S/C27H30N3O/c1-7-22-20-13-9-10-14-21(20)26(23(8-2)29-22)27-17(3)25(18(4)31-19(5)28-6)24-15-11-12-16-30(24)27/h7-16,19,23,26-28H,1-2,4H2,3,5-6H3/q+1. The van der Waals surface area contributed by atoms with Crippen molar-refractivity contribution in [2.45, 2.75) is 38.1 Å². The summed E-state index contributed by atoms with van der Waals surface area (Å²) in [7, 11) is 1.88. The number of pyridine rings is 1. The lowest BCUT2D eigenvalue weighted by atomic mass is 9.77. The van der Waals surface area contributed by atoms with Crippen LogP contribution >= 0.6 is 0 Å². The van der Waals surface area contributed by atoms with Gasteiger partial charge in [0.25, 0.3) is 0 Å². The quantitative estimate of drug-likeness (QED) is 0.309. The minimum Gasteiger partial charge on any atom is -0.475 e. The lowest BCUT2D eigenvalue weighted by molar-refractivity contribution is -0.714. The van der Waals surface area contributed by atoms with E-state index in [-0.39, 0.29) is 24.2 Å². The molecule has 4 heteroatoms. The minimum atomic E-state index is -0.125. The molecular weight excluding hydrogens is 382 g/mol. The molecule has 4 atom stereocenters. The van der Waals surface area contributed by atoms with E-state index in [4.69, 9.17) is 9.73 Å². The summed E-state index contributed by atoms with van der Waals surface area (Å²) in [6.07, 6.45) is 5.80. The number of allylic oxidation sites excluding steroid dienone is 3. The van der Waals surface area contributed by atoms with Gasteiger partial charge in [-0.25, -0.2) is 0 Å². The molecule has 1 aromatic carbocycles.